The van der Waals surface area contributed by atoms with Crippen molar-refractivity contribution < 1.29 is 0 Å². The molecule has 3 heteroatoms. The lowest BCUT2D eigenvalue weighted by Gasteiger charge is -1.97. The molecule has 0 radical (unpaired) electrons. The molecule has 0 heterocycles. The summed E-state index contributed by atoms with van der Waals surface area (Å²) in [6.45, 7) is 4.13. The lowest BCUT2D eigenvalue weighted by molar-refractivity contribution is 1.27. The second-order valence-electron chi connectivity index (χ2n) is 2.67. The summed E-state index contributed by atoms with van der Waals surface area (Å²) in [6, 6.07) is 6.24. The predicted molar refractivity (Wildman–Crippen MR) is 67.7 cm³/mol. The Labute approximate surface area is 99.2 Å². The van der Waals surface area contributed by atoms with Crippen LogP contribution in [0.2, 0.25) is 0 Å². The third-order valence-electron chi connectivity index (χ3n) is 1.44. The number of rotatable bonds is 1. The molecule has 0 aliphatic heterocycles. The van der Waals surface area contributed by atoms with E-state index in [0.29, 0.717) is 5.88 Å². The molecule has 0 nitrogen and oxygen atoms in total. The van der Waals surface area contributed by atoms with E-state index < -0.39 is 0 Å². The molecule has 0 amide bonds. The summed E-state index contributed by atoms with van der Waals surface area (Å²) in [7, 11) is 0. The molecule has 74 valence electrons. The average Bonchev–Trinajstić information content (AvgIpc) is 2.12. The van der Waals surface area contributed by atoms with Crippen LogP contribution >= 0.6 is 40.2 Å². The number of alkyl halides is 2. The smallest absolute Gasteiger partial charge is 0.0320 e. The van der Waals surface area contributed by atoms with Crippen LogP contribution < -0.4 is 0 Å². The Morgan fingerprint density at radius 2 is 1.92 bits per heavy atom. The summed E-state index contributed by atoms with van der Waals surface area (Å²) in [6.07, 6.45) is 0. The maximum atomic E-state index is 5.14. The Kier molecular flexibility index (Phi) is 7.92. The molecule has 0 N–H and O–H groups in total. The van der Waals surface area contributed by atoms with Crippen molar-refractivity contribution in [2.75, 3.05) is 11.2 Å². The Bertz CT molecular complexity index is 249. The van der Waals surface area contributed by atoms with Gasteiger partial charge in [-0.3, -0.25) is 0 Å². The van der Waals surface area contributed by atoms with Gasteiger partial charge in [-0.2, -0.15) is 0 Å². The van der Waals surface area contributed by atoms with Gasteiger partial charge in [-0.15, -0.1) is 24.2 Å². The molecule has 1 aromatic carbocycles. The molecule has 0 aliphatic rings. The monoisotopic (exact) mass is 280 g/mol. The summed E-state index contributed by atoms with van der Waals surface area (Å²) >= 11 is 12.5. The van der Waals surface area contributed by atoms with Gasteiger partial charge in [-0.1, -0.05) is 33.6 Å². The fraction of sp³-hybridized carbons (Fsp3) is 0.400. The number of halogens is 2. The largest absolute Gasteiger partial charge is 0.143 e. The highest BCUT2D eigenvalue weighted by atomic mass is 79.9. The highest BCUT2D eigenvalue weighted by molar-refractivity contribution is 9.09. The van der Waals surface area contributed by atoms with Crippen molar-refractivity contribution in [2.45, 2.75) is 18.7 Å². The van der Waals surface area contributed by atoms with E-state index in [9.17, 15) is 0 Å². The molecule has 0 aliphatic carbocycles. The molecule has 0 saturated carbocycles. The first kappa shape index (κ1) is 13.3. The van der Waals surface area contributed by atoms with E-state index in [4.69, 9.17) is 11.6 Å². The SMILES string of the molecule is Cc1ccc(C)c(S)c1.ClCCBr. The van der Waals surface area contributed by atoms with Gasteiger partial charge in [-0.05, 0) is 25.5 Å². The van der Waals surface area contributed by atoms with Crippen molar-refractivity contribution in [1.82, 2.24) is 0 Å². The number of benzene rings is 1. The fourth-order valence-electron chi connectivity index (χ4n) is 0.719. The Hall–Kier alpha value is 0.340. The van der Waals surface area contributed by atoms with Crippen LogP contribution in [0.5, 0.6) is 0 Å². The van der Waals surface area contributed by atoms with E-state index in [-0.39, 0.29) is 0 Å². The summed E-state index contributed by atoms with van der Waals surface area (Å²) in [4.78, 5) is 1.08. The van der Waals surface area contributed by atoms with Gasteiger partial charge >= 0.3 is 0 Å². The van der Waals surface area contributed by atoms with Crippen LogP contribution in [-0.2, 0) is 0 Å². The molecular formula is C10H14BrClS. The zero-order valence-electron chi connectivity index (χ0n) is 7.85. The number of thiol groups is 1. The lowest BCUT2D eigenvalue weighted by Crippen LogP contribution is -1.76. The van der Waals surface area contributed by atoms with Gasteiger partial charge in [0.25, 0.3) is 0 Å². The van der Waals surface area contributed by atoms with E-state index in [0.717, 1.165) is 10.2 Å². The molecule has 1 rings (SSSR count). The first-order valence-corrected chi connectivity index (χ1v) is 6.10. The summed E-state index contributed by atoms with van der Waals surface area (Å²) in [5, 5.41) is 0.897. The van der Waals surface area contributed by atoms with Crippen molar-refractivity contribution in [3.63, 3.8) is 0 Å². The van der Waals surface area contributed by atoms with Gasteiger partial charge in [0.2, 0.25) is 0 Å². The van der Waals surface area contributed by atoms with Crippen molar-refractivity contribution in [3.8, 4) is 0 Å². The maximum absolute atomic E-state index is 5.14. The molecular weight excluding hydrogens is 268 g/mol. The van der Waals surface area contributed by atoms with Crippen molar-refractivity contribution >= 4 is 40.2 Å². The number of hydrogen-bond donors (Lipinski definition) is 1. The topological polar surface area (TPSA) is 0 Å². The molecule has 0 aromatic heterocycles. The zero-order valence-corrected chi connectivity index (χ0v) is 11.1. The van der Waals surface area contributed by atoms with Crippen LogP contribution in [-0.4, -0.2) is 11.2 Å². The van der Waals surface area contributed by atoms with Crippen LogP contribution in [0.4, 0.5) is 0 Å². The fourth-order valence-corrected chi connectivity index (χ4v) is 0.998. The van der Waals surface area contributed by atoms with Crippen molar-refractivity contribution in [3.05, 3.63) is 29.3 Å². The molecule has 0 saturated heterocycles. The van der Waals surface area contributed by atoms with Gasteiger partial charge < -0.3 is 0 Å². The Morgan fingerprint density at radius 1 is 1.38 bits per heavy atom. The third-order valence-corrected chi connectivity index (χ3v) is 2.96. The van der Waals surface area contributed by atoms with Gasteiger partial charge in [0.1, 0.15) is 0 Å². The quantitative estimate of drug-likeness (QED) is 0.578. The minimum atomic E-state index is 0.708. The molecule has 0 fully saturated rings. The first-order chi connectivity index (χ1) is 6.11. The predicted octanol–water partition coefficient (Wildman–Crippen LogP) is 4.21. The molecule has 1 aromatic rings. The van der Waals surface area contributed by atoms with E-state index in [2.05, 4.69) is 60.6 Å². The van der Waals surface area contributed by atoms with E-state index in [1.165, 1.54) is 11.1 Å². The summed E-state index contributed by atoms with van der Waals surface area (Å²) < 4.78 is 0. The molecule has 0 unspecified atom stereocenters. The minimum Gasteiger partial charge on any atom is -0.143 e. The summed E-state index contributed by atoms with van der Waals surface area (Å²) in [5.74, 6) is 0.708. The van der Waals surface area contributed by atoms with Gasteiger partial charge in [-0.25, -0.2) is 0 Å². The zero-order chi connectivity index (χ0) is 10.3. The second kappa shape index (κ2) is 7.72. The van der Waals surface area contributed by atoms with E-state index in [1.54, 1.807) is 0 Å². The van der Waals surface area contributed by atoms with Crippen molar-refractivity contribution in [1.29, 1.82) is 0 Å². The van der Waals surface area contributed by atoms with Crippen LogP contribution in [0, 0.1) is 13.8 Å². The van der Waals surface area contributed by atoms with E-state index in [1.807, 2.05) is 0 Å². The van der Waals surface area contributed by atoms with Crippen LogP contribution in [0.15, 0.2) is 23.1 Å². The lowest BCUT2D eigenvalue weighted by atomic mass is 10.2. The van der Waals surface area contributed by atoms with Gasteiger partial charge in [0, 0.05) is 16.1 Å². The molecule has 0 bridgehead atoms. The maximum Gasteiger partial charge on any atom is 0.0320 e. The minimum absolute atomic E-state index is 0.708. The van der Waals surface area contributed by atoms with Crippen LogP contribution in [0.1, 0.15) is 11.1 Å². The third kappa shape index (κ3) is 6.42. The molecule has 0 atom stereocenters. The molecule has 13 heavy (non-hydrogen) atoms. The normalized spacial score (nSPS) is 9.00. The first-order valence-electron chi connectivity index (χ1n) is 4.00. The van der Waals surface area contributed by atoms with Crippen molar-refractivity contribution in [2.24, 2.45) is 0 Å². The number of aryl methyl sites for hydroxylation is 2. The standard InChI is InChI=1S/C8H10S.C2H4BrCl/c1-6-3-4-7(2)8(9)5-6;3-1-2-4/h3-5,9H,1-2H3;1-2H2. The Balaban J connectivity index is 0.000000310. The Morgan fingerprint density at radius 3 is 2.23 bits per heavy atom. The van der Waals surface area contributed by atoms with Gasteiger partial charge in [0.15, 0.2) is 0 Å². The van der Waals surface area contributed by atoms with Gasteiger partial charge in [0.05, 0.1) is 0 Å². The highest BCUT2D eigenvalue weighted by Crippen LogP contribution is 2.13. The van der Waals surface area contributed by atoms with Crippen LogP contribution in [0.25, 0.3) is 0 Å². The molecule has 0 spiro atoms. The van der Waals surface area contributed by atoms with Crippen LogP contribution in [0.3, 0.4) is 0 Å². The highest BCUT2D eigenvalue weighted by Gasteiger charge is 1.90. The average molecular weight is 282 g/mol. The summed E-state index contributed by atoms with van der Waals surface area (Å²) in [5.41, 5.74) is 2.51. The second-order valence-corrected chi connectivity index (χ2v) is 4.32. The van der Waals surface area contributed by atoms with E-state index >= 15 is 0 Å². The number of hydrogen-bond acceptors (Lipinski definition) is 1.